The van der Waals surface area contributed by atoms with Gasteiger partial charge in [0, 0.05) is 4.83 Å². The van der Waals surface area contributed by atoms with E-state index >= 15 is 0 Å². The zero-order valence-corrected chi connectivity index (χ0v) is 11.8. The minimum absolute atomic E-state index is 0.601. The number of benzene rings is 1. The standard InChI is InChI=1S/C14H21Br/c1-5-6-14(15)12(4)13-8-10(2)7-11(3)9-13/h7-9,12,14H,5-6H2,1-4H3. The van der Waals surface area contributed by atoms with Crippen LogP contribution in [0.15, 0.2) is 18.2 Å². The Morgan fingerprint density at radius 2 is 1.67 bits per heavy atom. The molecule has 15 heavy (non-hydrogen) atoms. The molecule has 0 saturated heterocycles. The van der Waals surface area contributed by atoms with E-state index < -0.39 is 0 Å². The first-order chi connectivity index (χ1) is 7.04. The molecule has 0 nitrogen and oxygen atoms in total. The van der Waals surface area contributed by atoms with Gasteiger partial charge in [0.2, 0.25) is 0 Å². The van der Waals surface area contributed by atoms with E-state index in [-0.39, 0.29) is 0 Å². The molecule has 0 fully saturated rings. The zero-order chi connectivity index (χ0) is 11.4. The lowest BCUT2D eigenvalue weighted by Gasteiger charge is -2.19. The summed E-state index contributed by atoms with van der Waals surface area (Å²) in [5, 5.41) is 0. The second-order valence-electron chi connectivity index (χ2n) is 4.51. The predicted octanol–water partition coefficient (Wildman–Crippen LogP) is 4.97. The van der Waals surface area contributed by atoms with E-state index in [2.05, 4.69) is 61.8 Å². The normalized spacial score (nSPS) is 15.0. The average Bonchev–Trinajstić information content (AvgIpc) is 2.15. The summed E-state index contributed by atoms with van der Waals surface area (Å²) < 4.78 is 0. The smallest absolute Gasteiger partial charge is 0.0211 e. The molecule has 0 saturated carbocycles. The first-order valence-electron chi connectivity index (χ1n) is 5.76. The summed E-state index contributed by atoms with van der Waals surface area (Å²) in [6, 6.07) is 6.85. The second-order valence-corrected chi connectivity index (χ2v) is 5.69. The molecule has 1 heteroatoms. The molecule has 0 aromatic heterocycles. The molecule has 1 aromatic rings. The topological polar surface area (TPSA) is 0 Å². The highest BCUT2D eigenvalue weighted by molar-refractivity contribution is 9.09. The second kappa shape index (κ2) is 5.69. The monoisotopic (exact) mass is 268 g/mol. The number of rotatable bonds is 4. The number of aryl methyl sites for hydroxylation is 2. The molecule has 0 radical (unpaired) electrons. The van der Waals surface area contributed by atoms with Crippen LogP contribution in [0.3, 0.4) is 0 Å². The summed E-state index contributed by atoms with van der Waals surface area (Å²) in [6.45, 7) is 8.89. The summed E-state index contributed by atoms with van der Waals surface area (Å²) in [5.41, 5.74) is 4.20. The lowest BCUT2D eigenvalue weighted by molar-refractivity contribution is 0.650. The fourth-order valence-corrected chi connectivity index (χ4v) is 2.77. The van der Waals surface area contributed by atoms with Crippen LogP contribution in [-0.4, -0.2) is 4.83 Å². The van der Waals surface area contributed by atoms with E-state index in [0.717, 1.165) is 0 Å². The van der Waals surface area contributed by atoms with Gasteiger partial charge in [-0.2, -0.15) is 0 Å². The summed E-state index contributed by atoms with van der Waals surface area (Å²) in [6.07, 6.45) is 2.49. The molecule has 0 aliphatic heterocycles. The van der Waals surface area contributed by atoms with Crippen LogP contribution in [0.4, 0.5) is 0 Å². The third-order valence-electron chi connectivity index (χ3n) is 2.88. The van der Waals surface area contributed by atoms with Crippen LogP contribution >= 0.6 is 15.9 Å². The van der Waals surface area contributed by atoms with E-state index in [1.807, 2.05) is 0 Å². The van der Waals surface area contributed by atoms with E-state index in [4.69, 9.17) is 0 Å². The van der Waals surface area contributed by atoms with E-state index in [1.165, 1.54) is 29.5 Å². The Bertz CT molecular complexity index is 297. The van der Waals surface area contributed by atoms with Crippen molar-refractivity contribution in [2.75, 3.05) is 0 Å². The lowest BCUT2D eigenvalue weighted by Crippen LogP contribution is -2.09. The maximum atomic E-state index is 3.79. The summed E-state index contributed by atoms with van der Waals surface area (Å²) in [4.78, 5) is 0.601. The molecule has 0 N–H and O–H groups in total. The van der Waals surface area contributed by atoms with Crippen LogP contribution < -0.4 is 0 Å². The Morgan fingerprint density at radius 1 is 1.13 bits per heavy atom. The Hall–Kier alpha value is -0.300. The maximum Gasteiger partial charge on any atom is 0.0211 e. The first kappa shape index (κ1) is 12.8. The largest absolute Gasteiger partial charge is 0.0884 e. The highest BCUT2D eigenvalue weighted by atomic mass is 79.9. The van der Waals surface area contributed by atoms with Crippen molar-refractivity contribution >= 4 is 15.9 Å². The Balaban J connectivity index is 2.85. The van der Waals surface area contributed by atoms with Gasteiger partial charge in [-0.05, 0) is 31.7 Å². The molecular weight excluding hydrogens is 248 g/mol. The fourth-order valence-electron chi connectivity index (χ4n) is 2.01. The number of hydrogen-bond donors (Lipinski definition) is 0. The molecule has 0 heterocycles. The minimum Gasteiger partial charge on any atom is -0.0884 e. The molecule has 2 atom stereocenters. The van der Waals surface area contributed by atoms with Gasteiger partial charge in [-0.3, -0.25) is 0 Å². The number of halogens is 1. The number of hydrogen-bond acceptors (Lipinski definition) is 0. The zero-order valence-electron chi connectivity index (χ0n) is 10.2. The van der Waals surface area contributed by atoms with Gasteiger partial charge in [-0.25, -0.2) is 0 Å². The Kier molecular flexibility index (Phi) is 4.85. The molecule has 0 aliphatic rings. The van der Waals surface area contributed by atoms with Gasteiger partial charge in [0.05, 0.1) is 0 Å². The molecule has 0 bridgehead atoms. The summed E-state index contributed by atoms with van der Waals surface area (Å²) in [5.74, 6) is 0.601. The third-order valence-corrected chi connectivity index (χ3v) is 4.13. The van der Waals surface area contributed by atoms with Crippen LogP contribution in [0, 0.1) is 13.8 Å². The van der Waals surface area contributed by atoms with E-state index in [0.29, 0.717) is 10.7 Å². The Labute approximate surface area is 102 Å². The van der Waals surface area contributed by atoms with Crippen molar-refractivity contribution < 1.29 is 0 Å². The van der Waals surface area contributed by atoms with Gasteiger partial charge in [0.25, 0.3) is 0 Å². The molecule has 0 amide bonds. The van der Waals surface area contributed by atoms with Crippen molar-refractivity contribution in [2.24, 2.45) is 0 Å². The molecule has 0 spiro atoms. The predicted molar refractivity (Wildman–Crippen MR) is 72.0 cm³/mol. The van der Waals surface area contributed by atoms with Gasteiger partial charge >= 0.3 is 0 Å². The average molecular weight is 269 g/mol. The van der Waals surface area contributed by atoms with Crippen molar-refractivity contribution in [1.82, 2.24) is 0 Å². The highest BCUT2D eigenvalue weighted by Gasteiger charge is 2.15. The third kappa shape index (κ3) is 3.64. The van der Waals surface area contributed by atoms with Crippen LogP contribution in [0.2, 0.25) is 0 Å². The van der Waals surface area contributed by atoms with Gasteiger partial charge in [-0.15, -0.1) is 0 Å². The molecule has 1 aromatic carbocycles. The van der Waals surface area contributed by atoms with Crippen molar-refractivity contribution in [3.05, 3.63) is 34.9 Å². The highest BCUT2D eigenvalue weighted by Crippen LogP contribution is 2.29. The summed E-state index contributed by atoms with van der Waals surface area (Å²) >= 11 is 3.79. The van der Waals surface area contributed by atoms with E-state index in [1.54, 1.807) is 0 Å². The first-order valence-corrected chi connectivity index (χ1v) is 6.68. The van der Waals surface area contributed by atoms with Gasteiger partial charge in [0.1, 0.15) is 0 Å². The Morgan fingerprint density at radius 3 is 2.13 bits per heavy atom. The van der Waals surface area contributed by atoms with Gasteiger partial charge in [-0.1, -0.05) is 65.5 Å². The minimum atomic E-state index is 0.601. The molecule has 2 unspecified atom stereocenters. The molecular formula is C14H21Br. The quantitative estimate of drug-likeness (QED) is 0.677. The molecule has 0 aliphatic carbocycles. The van der Waals surface area contributed by atoms with Crippen LogP contribution in [-0.2, 0) is 0 Å². The number of alkyl halides is 1. The summed E-state index contributed by atoms with van der Waals surface area (Å²) in [7, 11) is 0. The van der Waals surface area contributed by atoms with Crippen molar-refractivity contribution in [3.8, 4) is 0 Å². The van der Waals surface area contributed by atoms with Crippen molar-refractivity contribution in [2.45, 2.75) is 51.3 Å². The van der Waals surface area contributed by atoms with Crippen LogP contribution in [0.5, 0.6) is 0 Å². The van der Waals surface area contributed by atoms with Gasteiger partial charge in [0.15, 0.2) is 0 Å². The van der Waals surface area contributed by atoms with E-state index in [9.17, 15) is 0 Å². The SMILES string of the molecule is CCCC(Br)C(C)c1cc(C)cc(C)c1. The van der Waals surface area contributed by atoms with Crippen LogP contribution in [0.25, 0.3) is 0 Å². The van der Waals surface area contributed by atoms with Crippen LogP contribution in [0.1, 0.15) is 49.3 Å². The molecule has 84 valence electrons. The van der Waals surface area contributed by atoms with Crippen molar-refractivity contribution in [3.63, 3.8) is 0 Å². The maximum absolute atomic E-state index is 3.79. The van der Waals surface area contributed by atoms with Crippen molar-refractivity contribution in [1.29, 1.82) is 0 Å². The fraction of sp³-hybridized carbons (Fsp3) is 0.571. The molecule has 1 rings (SSSR count). The lowest BCUT2D eigenvalue weighted by atomic mass is 9.93. The van der Waals surface area contributed by atoms with Gasteiger partial charge < -0.3 is 0 Å².